The molecule has 2 atom stereocenters. The minimum atomic E-state index is -1.02. The van der Waals surface area contributed by atoms with Crippen molar-refractivity contribution < 1.29 is 24.2 Å². The van der Waals surface area contributed by atoms with Crippen molar-refractivity contribution >= 4 is 17.8 Å². The van der Waals surface area contributed by atoms with Crippen LogP contribution in [0.4, 0.5) is 0 Å². The largest absolute Gasteiger partial charge is 0.480 e. The number of aliphatic carboxylic acids is 1. The SMILES string of the molecule is CCCCCCCCCC/C=C\CCCCCCCCCCCCCC(=O)OC(CCCC)CCCCCC(=O)NC(CCCN)C(=O)O. The van der Waals surface area contributed by atoms with Crippen molar-refractivity contribution in [3.05, 3.63) is 12.2 Å². The molecule has 0 aromatic rings. The Bertz CT molecular complexity index is 787. The van der Waals surface area contributed by atoms with Crippen LogP contribution in [-0.4, -0.2) is 41.6 Å². The van der Waals surface area contributed by atoms with E-state index < -0.39 is 12.0 Å². The molecule has 4 N–H and O–H groups in total. The maximum atomic E-state index is 12.5. The molecule has 49 heavy (non-hydrogen) atoms. The van der Waals surface area contributed by atoms with E-state index in [0.717, 1.165) is 51.4 Å². The van der Waals surface area contributed by atoms with E-state index in [1.807, 2.05) is 0 Å². The zero-order valence-corrected chi connectivity index (χ0v) is 32.3. The van der Waals surface area contributed by atoms with Crippen LogP contribution < -0.4 is 11.1 Å². The molecule has 0 heterocycles. The van der Waals surface area contributed by atoms with Crippen molar-refractivity contribution in [2.45, 2.75) is 231 Å². The van der Waals surface area contributed by atoms with Gasteiger partial charge >= 0.3 is 11.9 Å². The van der Waals surface area contributed by atoms with E-state index in [1.165, 1.54) is 122 Å². The van der Waals surface area contributed by atoms with Gasteiger partial charge in [0.2, 0.25) is 5.91 Å². The van der Waals surface area contributed by atoms with Gasteiger partial charge in [0.15, 0.2) is 0 Å². The highest BCUT2D eigenvalue weighted by atomic mass is 16.5. The van der Waals surface area contributed by atoms with Gasteiger partial charge in [-0.1, -0.05) is 148 Å². The fourth-order valence-electron chi connectivity index (χ4n) is 6.37. The van der Waals surface area contributed by atoms with Crippen LogP contribution in [0.5, 0.6) is 0 Å². The summed E-state index contributed by atoms with van der Waals surface area (Å²) in [7, 11) is 0. The van der Waals surface area contributed by atoms with Crippen molar-refractivity contribution in [1.82, 2.24) is 5.32 Å². The van der Waals surface area contributed by atoms with E-state index in [0.29, 0.717) is 38.6 Å². The molecule has 0 saturated carbocycles. The van der Waals surface area contributed by atoms with E-state index in [4.69, 9.17) is 10.5 Å². The van der Waals surface area contributed by atoms with Gasteiger partial charge in [0.25, 0.3) is 0 Å². The summed E-state index contributed by atoms with van der Waals surface area (Å²) < 4.78 is 5.85. The second kappa shape index (κ2) is 37.4. The van der Waals surface area contributed by atoms with Gasteiger partial charge in [0.05, 0.1) is 0 Å². The number of ether oxygens (including phenoxy) is 1. The number of allylic oxidation sites excluding steroid dienone is 2. The molecule has 0 aliphatic rings. The highest BCUT2D eigenvalue weighted by Crippen LogP contribution is 2.17. The molecule has 0 radical (unpaired) electrons. The lowest BCUT2D eigenvalue weighted by atomic mass is 10.0. The number of hydrogen-bond acceptors (Lipinski definition) is 5. The van der Waals surface area contributed by atoms with Gasteiger partial charge in [-0.05, 0) is 77.2 Å². The molecule has 0 saturated heterocycles. The smallest absolute Gasteiger partial charge is 0.326 e. The first-order valence-electron chi connectivity index (χ1n) is 21.0. The summed E-state index contributed by atoms with van der Waals surface area (Å²) >= 11 is 0. The van der Waals surface area contributed by atoms with Crippen LogP contribution >= 0.6 is 0 Å². The Labute approximate surface area is 302 Å². The summed E-state index contributed by atoms with van der Waals surface area (Å²) in [4.78, 5) is 36.0. The summed E-state index contributed by atoms with van der Waals surface area (Å²) in [6.07, 6.45) is 40.4. The van der Waals surface area contributed by atoms with Gasteiger partial charge in [0.1, 0.15) is 12.1 Å². The third-order valence-corrected chi connectivity index (χ3v) is 9.58. The average molecular weight is 693 g/mol. The molecule has 288 valence electrons. The number of carboxylic acid groups (broad SMARTS) is 1. The number of hydrogen-bond donors (Lipinski definition) is 3. The number of nitrogens with one attached hydrogen (secondary N) is 1. The molecule has 0 aromatic heterocycles. The lowest BCUT2D eigenvalue weighted by Crippen LogP contribution is -2.40. The molecular formula is C42H80N2O5. The quantitative estimate of drug-likeness (QED) is 0.0337. The van der Waals surface area contributed by atoms with E-state index in [9.17, 15) is 19.5 Å². The Morgan fingerprint density at radius 2 is 1.02 bits per heavy atom. The number of esters is 1. The minimum absolute atomic E-state index is 0.0464. The normalized spacial score (nSPS) is 12.7. The van der Waals surface area contributed by atoms with Crippen molar-refractivity contribution in [2.75, 3.05) is 6.54 Å². The fourth-order valence-corrected chi connectivity index (χ4v) is 6.37. The predicted octanol–water partition coefficient (Wildman–Crippen LogP) is 11.5. The van der Waals surface area contributed by atoms with Gasteiger partial charge in [0, 0.05) is 12.8 Å². The van der Waals surface area contributed by atoms with Crippen LogP contribution in [0.3, 0.4) is 0 Å². The molecular weight excluding hydrogens is 612 g/mol. The Kier molecular flexibility index (Phi) is 35.9. The second-order valence-corrected chi connectivity index (χ2v) is 14.4. The summed E-state index contributed by atoms with van der Waals surface area (Å²) in [5.74, 6) is -1.32. The monoisotopic (exact) mass is 693 g/mol. The molecule has 0 aliphatic carbocycles. The average Bonchev–Trinajstić information content (AvgIpc) is 3.08. The number of carbonyl (C=O) groups is 3. The molecule has 0 spiro atoms. The summed E-state index contributed by atoms with van der Waals surface area (Å²) in [6.45, 7) is 4.83. The number of amides is 1. The lowest BCUT2D eigenvalue weighted by Gasteiger charge is -2.18. The van der Waals surface area contributed by atoms with Crippen LogP contribution in [0.25, 0.3) is 0 Å². The zero-order chi connectivity index (χ0) is 36.0. The summed E-state index contributed by atoms with van der Waals surface area (Å²) in [5, 5.41) is 11.9. The molecule has 7 heteroatoms. The lowest BCUT2D eigenvalue weighted by molar-refractivity contribution is -0.150. The van der Waals surface area contributed by atoms with E-state index in [-0.39, 0.29) is 18.0 Å². The highest BCUT2D eigenvalue weighted by Gasteiger charge is 2.19. The van der Waals surface area contributed by atoms with Gasteiger partial charge < -0.3 is 20.9 Å². The van der Waals surface area contributed by atoms with Crippen LogP contribution in [0, 0.1) is 0 Å². The minimum Gasteiger partial charge on any atom is -0.480 e. The standard InChI is InChI=1S/C42H80N2O5/c1-3-5-7-8-9-10-11-12-13-14-15-16-17-18-19-20-21-22-23-24-25-26-30-36-41(46)49-38(32-6-4-2)33-28-27-29-35-40(45)44-39(42(47)48)34-31-37-43/h14-15,38-39H,3-13,16-37,43H2,1-2H3,(H,44,45)(H,47,48)/b15-14-. The Morgan fingerprint density at radius 1 is 0.571 bits per heavy atom. The second-order valence-electron chi connectivity index (χ2n) is 14.4. The van der Waals surface area contributed by atoms with E-state index >= 15 is 0 Å². The number of unbranched alkanes of at least 4 members (excludes halogenated alkanes) is 22. The summed E-state index contributed by atoms with van der Waals surface area (Å²) in [5.41, 5.74) is 5.46. The number of carbonyl (C=O) groups excluding carboxylic acids is 2. The first kappa shape index (κ1) is 47.1. The molecule has 1 amide bonds. The first-order chi connectivity index (χ1) is 23.9. The third-order valence-electron chi connectivity index (χ3n) is 9.58. The van der Waals surface area contributed by atoms with Crippen LogP contribution in [0.1, 0.15) is 219 Å². The zero-order valence-electron chi connectivity index (χ0n) is 32.3. The van der Waals surface area contributed by atoms with Crippen LogP contribution in [0.2, 0.25) is 0 Å². The van der Waals surface area contributed by atoms with Crippen molar-refractivity contribution in [3.63, 3.8) is 0 Å². The third kappa shape index (κ3) is 34.3. The van der Waals surface area contributed by atoms with E-state index in [2.05, 4.69) is 31.3 Å². The maximum absolute atomic E-state index is 12.5. The molecule has 0 bridgehead atoms. The topological polar surface area (TPSA) is 119 Å². The van der Waals surface area contributed by atoms with Gasteiger partial charge in [-0.15, -0.1) is 0 Å². The van der Waals surface area contributed by atoms with E-state index in [1.54, 1.807) is 0 Å². The van der Waals surface area contributed by atoms with Crippen molar-refractivity contribution in [3.8, 4) is 0 Å². The molecule has 0 aromatic carbocycles. The Morgan fingerprint density at radius 3 is 1.53 bits per heavy atom. The van der Waals surface area contributed by atoms with Gasteiger partial charge in [-0.3, -0.25) is 9.59 Å². The summed E-state index contributed by atoms with van der Waals surface area (Å²) in [6, 6.07) is -0.870. The van der Waals surface area contributed by atoms with Gasteiger partial charge in [-0.2, -0.15) is 0 Å². The van der Waals surface area contributed by atoms with Crippen molar-refractivity contribution in [2.24, 2.45) is 5.73 Å². The van der Waals surface area contributed by atoms with Crippen LogP contribution in [-0.2, 0) is 19.1 Å². The number of nitrogens with two attached hydrogens (primary N) is 1. The molecule has 7 nitrogen and oxygen atoms in total. The fraction of sp³-hybridized carbons (Fsp3) is 0.881. The molecule has 2 unspecified atom stereocenters. The number of carboxylic acids is 1. The predicted molar refractivity (Wildman–Crippen MR) is 207 cm³/mol. The van der Waals surface area contributed by atoms with Crippen molar-refractivity contribution in [1.29, 1.82) is 0 Å². The van der Waals surface area contributed by atoms with Gasteiger partial charge in [-0.25, -0.2) is 4.79 Å². The molecule has 0 fully saturated rings. The highest BCUT2D eigenvalue weighted by molar-refractivity contribution is 5.83. The maximum Gasteiger partial charge on any atom is 0.326 e. The first-order valence-corrected chi connectivity index (χ1v) is 21.0. The molecule has 0 aliphatic heterocycles. The van der Waals surface area contributed by atoms with Crippen LogP contribution in [0.15, 0.2) is 12.2 Å². The Balaban J connectivity index is 3.72. The molecule has 0 rings (SSSR count). The Hall–Kier alpha value is -1.89. The number of rotatable bonds is 38.